The third kappa shape index (κ3) is 4.04. The smallest absolute Gasteiger partial charge is 0.229 e. The Bertz CT molecular complexity index is 559. The van der Waals surface area contributed by atoms with Gasteiger partial charge in [-0.3, -0.25) is 4.72 Å². The van der Waals surface area contributed by atoms with Crippen molar-refractivity contribution in [2.24, 2.45) is 0 Å². The third-order valence-corrected chi connectivity index (χ3v) is 2.51. The first-order valence-electron chi connectivity index (χ1n) is 4.24. The SMILES string of the molecule is CS(=O)(=O)Nc1cc(C#N)cc(C=CBr)c1. The maximum atomic E-state index is 11.0. The number of nitrogens with zero attached hydrogens (tertiary/aromatic N) is 1. The van der Waals surface area contributed by atoms with Crippen molar-refractivity contribution >= 4 is 37.7 Å². The van der Waals surface area contributed by atoms with Gasteiger partial charge in [0.05, 0.1) is 23.6 Å². The van der Waals surface area contributed by atoms with Crippen LogP contribution in [0, 0.1) is 11.3 Å². The van der Waals surface area contributed by atoms with Gasteiger partial charge in [-0.15, -0.1) is 0 Å². The first-order chi connectivity index (χ1) is 7.44. The van der Waals surface area contributed by atoms with E-state index in [4.69, 9.17) is 5.26 Å². The van der Waals surface area contributed by atoms with Crippen LogP contribution in [0.5, 0.6) is 0 Å². The number of halogens is 1. The van der Waals surface area contributed by atoms with E-state index < -0.39 is 10.0 Å². The van der Waals surface area contributed by atoms with E-state index in [9.17, 15) is 8.42 Å². The molecular weight excluding hydrogens is 292 g/mol. The molecule has 0 spiro atoms. The summed E-state index contributed by atoms with van der Waals surface area (Å²) in [5.41, 5.74) is 1.51. The fourth-order valence-corrected chi connectivity index (χ4v) is 2.01. The molecule has 0 heterocycles. The second kappa shape index (κ2) is 5.14. The van der Waals surface area contributed by atoms with Crippen LogP contribution in [0.25, 0.3) is 6.08 Å². The van der Waals surface area contributed by atoms with Crippen molar-refractivity contribution in [2.45, 2.75) is 0 Å². The Morgan fingerprint density at radius 3 is 2.62 bits per heavy atom. The summed E-state index contributed by atoms with van der Waals surface area (Å²) < 4.78 is 24.4. The molecule has 1 aromatic carbocycles. The summed E-state index contributed by atoms with van der Waals surface area (Å²) in [6.07, 6.45) is 2.78. The van der Waals surface area contributed by atoms with E-state index in [0.29, 0.717) is 11.3 Å². The fraction of sp³-hybridized carbons (Fsp3) is 0.100. The maximum Gasteiger partial charge on any atom is 0.229 e. The zero-order valence-corrected chi connectivity index (χ0v) is 10.8. The van der Waals surface area contributed by atoms with Crippen LogP contribution in [-0.2, 0) is 10.0 Å². The highest BCUT2D eigenvalue weighted by Gasteiger charge is 2.04. The lowest BCUT2D eigenvalue weighted by molar-refractivity contribution is 0.607. The summed E-state index contributed by atoms with van der Waals surface area (Å²) in [7, 11) is -3.33. The zero-order chi connectivity index (χ0) is 12.2. The molecule has 0 radical (unpaired) electrons. The number of sulfonamides is 1. The molecule has 0 bridgehead atoms. The van der Waals surface area contributed by atoms with Gasteiger partial charge in [-0.25, -0.2) is 8.42 Å². The number of benzene rings is 1. The second-order valence-corrected chi connectivity index (χ2v) is 5.40. The molecular formula is C10H9BrN2O2S. The molecule has 0 saturated heterocycles. The fourth-order valence-electron chi connectivity index (χ4n) is 1.16. The average Bonchev–Trinajstić information content (AvgIpc) is 2.15. The molecule has 0 aliphatic heterocycles. The first kappa shape index (κ1) is 12.7. The lowest BCUT2D eigenvalue weighted by Crippen LogP contribution is -2.09. The number of nitriles is 1. The van der Waals surface area contributed by atoms with Crippen LogP contribution >= 0.6 is 15.9 Å². The second-order valence-electron chi connectivity index (χ2n) is 3.12. The van der Waals surface area contributed by atoms with Crippen molar-refractivity contribution in [3.05, 3.63) is 34.3 Å². The van der Waals surface area contributed by atoms with Crippen molar-refractivity contribution in [1.82, 2.24) is 0 Å². The highest BCUT2D eigenvalue weighted by atomic mass is 79.9. The highest BCUT2D eigenvalue weighted by Crippen LogP contribution is 2.17. The van der Waals surface area contributed by atoms with Gasteiger partial charge in [0.2, 0.25) is 10.0 Å². The summed E-state index contributed by atoms with van der Waals surface area (Å²) >= 11 is 3.12. The standard InChI is InChI=1S/C10H9BrN2O2S/c1-16(14,15)13-10-5-8(2-3-11)4-9(6-10)7-12/h2-6,13H,1H3. The molecule has 4 nitrogen and oxygen atoms in total. The first-order valence-corrected chi connectivity index (χ1v) is 7.05. The van der Waals surface area contributed by atoms with Gasteiger partial charge in [0, 0.05) is 0 Å². The van der Waals surface area contributed by atoms with E-state index in [1.165, 1.54) is 6.07 Å². The molecule has 0 aromatic heterocycles. The van der Waals surface area contributed by atoms with E-state index >= 15 is 0 Å². The number of hydrogen-bond donors (Lipinski definition) is 1. The predicted molar refractivity (Wildman–Crippen MR) is 67.6 cm³/mol. The molecule has 16 heavy (non-hydrogen) atoms. The minimum absolute atomic E-state index is 0.377. The maximum absolute atomic E-state index is 11.0. The minimum atomic E-state index is -3.33. The van der Waals surface area contributed by atoms with E-state index in [1.54, 1.807) is 23.2 Å². The minimum Gasteiger partial charge on any atom is -0.284 e. The van der Waals surface area contributed by atoms with Crippen molar-refractivity contribution in [2.75, 3.05) is 11.0 Å². The van der Waals surface area contributed by atoms with Gasteiger partial charge in [0.1, 0.15) is 0 Å². The van der Waals surface area contributed by atoms with Crippen LogP contribution in [-0.4, -0.2) is 14.7 Å². The normalized spacial score (nSPS) is 11.3. The topological polar surface area (TPSA) is 70.0 Å². The molecule has 6 heteroatoms. The van der Waals surface area contributed by atoms with Gasteiger partial charge in [-0.05, 0) is 34.8 Å². The van der Waals surface area contributed by atoms with Crippen molar-refractivity contribution < 1.29 is 8.42 Å². The number of rotatable bonds is 3. The van der Waals surface area contributed by atoms with Crippen LogP contribution in [0.3, 0.4) is 0 Å². The van der Waals surface area contributed by atoms with Crippen LogP contribution in [0.1, 0.15) is 11.1 Å². The van der Waals surface area contributed by atoms with Crippen molar-refractivity contribution in [1.29, 1.82) is 5.26 Å². The number of nitrogens with one attached hydrogen (secondary N) is 1. The quantitative estimate of drug-likeness (QED) is 0.931. The zero-order valence-electron chi connectivity index (χ0n) is 8.44. The van der Waals surface area contributed by atoms with Crippen molar-refractivity contribution in [3.8, 4) is 6.07 Å². The number of hydrogen-bond acceptors (Lipinski definition) is 3. The van der Waals surface area contributed by atoms with Gasteiger partial charge >= 0.3 is 0 Å². The van der Waals surface area contributed by atoms with Gasteiger partial charge in [-0.1, -0.05) is 15.9 Å². The average molecular weight is 301 g/mol. The molecule has 0 amide bonds. The van der Waals surface area contributed by atoms with Gasteiger partial charge in [-0.2, -0.15) is 5.26 Å². The molecule has 0 aliphatic carbocycles. The molecule has 84 valence electrons. The molecule has 0 atom stereocenters. The van der Waals surface area contributed by atoms with Gasteiger partial charge < -0.3 is 0 Å². The van der Waals surface area contributed by atoms with Crippen LogP contribution in [0.2, 0.25) is 0 Å². The molecule has 0 unspecified atom stereocenters. The van der Waals surface area contributed by atoms with E-state index in [1.807, 2.05) is 6.07 Å². The molecule has 1 aromatic rings. The predicted octanol–water partition coefficient (Wildman–Crippen LogP) is 2.30. The molecule has 1 N–H and O–H groups in total. The Kier molecular flexibility index (Phi) is 4.10. The summed E-state index contributed by atoms with van der Waals surface area (Å²) in [6.45, 7) is 0. The summed E-state index contributed by atoms with van der Waals surface area (Å²) in [5, 5.41) is 8.79. The molecule has 0 saturated carbocycles. The van der Waals surface area contributed by atoms with Crippen LogP contribution in [0.15, 0.2) is 23.2 Å². The number of anilines is 1. The summed E-state index contributed by atoms with van der Waals surface area (Å²) in [6, 6.07) is 6.74. The van der Waals surface area contributed by atoms with E-state index in [2.05, 4.69) is 20.7 Å². The Hall–Kier alpha value is -1.32. The van der Waals surface area contributed by atoms with Gasteiger partial charge in [0.15, 0.2) is 0 Å². The van der Waals surface area contributed by atoms with Crippen molar-refractivity contribution in [3.63, 3.8) is 0 Å². The van der Waals surface area contributed by atoms with Crippen LogP contribution in [0.4, 0.5) is 5.69 Å². The summed E-state index contributed by atoms with van der Waals surface area (Å²) in [5.74, 6) is 0. The summed E-state index contributed by atoms with van der Waals surface area (Å²) in [4.78, 5) is 1.63. The molecule has 0 aliphatic rings. The lowest BCUT2D eigenvalue weighted by Gasteiger charge is -2.05. The largest absolute Gasteiger partial charge is 0.284 e. The monoisotopic (exact) mass is 300 g/mol. The Labute approximate surface area is 103 Å². The lowest BCUT2D eigenvalue weighted by atomic mass is 10.1. The Balaban J connectivity index is 3.20. The Morgan fingerprint density at radius 1 is 1.44 bits per heavy atom. The molecule has 0 fully saturated rings. The molecule has 1 rings (SSSR count). The van der Waals surface area contributed by atoms with Crippen LogP contribution < -0.4 is 4.72 Å². The van der Waals surface area contributed by atoms with E-state index in [-0.39, 0.29) is 0 Å². The van der Waals surface area contributed by atoms with Gasteiger partial charge in [0.25, 0.3) is 0 Å². The third-order valence-electron chi connectivity index (χ3n) is 1.64. The van der Waals surface area contributed by atoms with E-state index in [0.717, 1.165) is 11.8 Å². The highest BCUT2D eigenvalue weighted by molar-refractivity contribution is 9.11. The Morgan fingerprint density at radius 2 is 2.12 bits per heavy atom.